The molecule has 0 fully saturated rings. The third kappa shape index (κ3) is 3.85. The maximum Gasteiger partial charge on any atom is 0.353 e. The number of nitro groups is 1. The van der Waals surface area contributed by atoms with Crippen LogP contribution >= 0.6 is 15.9 Å². The molecule has 0 amide bonds. The molecule has 7 nitrogen and oxygen atoms in total. The van der Waals surface area contributed by atoms with Gasteiger partial charge in [0.25, 0.3) is 11.2 Å². The van der Waals surface area contributed by atoms with Gasteiger partial charge in [0, 0.05) is 27.6 Å². The van der Waals surface area contributed by atoms with Crippen LogP contribution in [0.3, 0.4) is 0 Å². The molecule has 31 heavy (non-hydrogen) atoms. The van der Waals surface area contributed by atoms with Crippen molar-refractivity contribution in [2.75, 3.05) is 0 Å². The van der Waals surface area contributed by atoms with E-state index in [9.17, 15) is 24.8 Å². The van der Waals surface area contributed by atoms with Gasteiger partial charge in [-0.15, -0.1) is 0 Å². The maximum absolute atomic E-state index is 13.3. The van der Waals surface area contributed by atoms with Gasteiger partial charge in [-0.05, 0) is 34.7 Å². The highest BCUT2D eigenvalue weighted by atomic mass is 79.9. The molecule has 0 unspecified atom stereocenters. The smallest absolute Gasteiger partial charge is 0.353 e. The fourth-order valence-corrected chi connectivity index (χ4v) is 3.96. The number of nitrogens with zero attached hydrogens (tertiary/aromatic N) is 2. The van der Waals surface area contributed by atoms with Gasteiger partial charge in [0.1, 0.15) is 5.69 Å². The minimum Gasteiger partial charge on any atom is -0.477 e. The molecule has 4 aromatic rings. The zero-order valence-corrected chi connectivity index (χ0v) is 17.6. The number of hydrogen-bond acceptors (Lipinski definition) is 4. The molecule has 0 saturated carbocycles. The van der Waals surface area contributed by atoms with Crippen LogP contribution < -0.4 is 5.56 Å². The van der Waals surface area contributed by atoms with Crippen molar-refractivity contribution in [2.45, 2.75) is 6.54 Å². The molecule has 0 aliphatic carbocycles. The van der Waals surface area contributed by atoms with Gasteiger partial charge in [-0.3, -0.25) is 19.5 Å². The van der Waals surface area contributed by atoms with Crippen molar-refractivity contribution in [1.29, 1.82) is 0 Å². The van der Waals surface area contributed by atoms with E-state index >= 15 is 0 Å². The summed E-state index contributed by atoms with van der Waals surface area (Å²) < 4.78 is 1.93. The van der Waals surface area contributed by atoms with Crippen LogP contribution in [0.4, 0.5) is 5.69 Å². The van der Waals surface area contributed by atoms with Crippen molar-refractivity contribution in [2.24, 2.45) is 0 Å². The van der Waals surface area contributed by atoms with E-state index < -0.39 is 16.5 Å². The Morgan fingerprint density at radius 1 is 1.00 bits per heavy atom. The number of fused-ring (bicyclic) bond motifs is 1. The summed E-state index contributed by atoms with van der Waals surface area (Å²) in [6.45, 7) is -0.0374. The second-order valence-electron chi connectivity index (χ2n) is 6.90. The molecule has 8 heteroatoms. The molecule has 3 aromatic carbocycles. The summed E-state index contributed by atoms with van der Waals surface area (Å²) >= 11 is 3.40. The first kappa shape index (κ1) is 20.5. The van der Waals surface area contributed by atoms with Gasteiger partial charge in [-0.2, -0.15) is 0 Å². The van der Waals surface area contributed by atoms with Gasteiger partial charge < -0.3 is 5.11 Å². The largest absolute Gasteiger partial charge is 0.477 e. The number of pyridine rings is 1. The number of aromatic nitrogens is 1. The molecule has 1 N–H and O–H groups in total. The summed E-state index contributed by atoms with van der Waals surface area (Å²) in [4.78, 5) is 36.1. The minimum absolute atomic E-state index is 0.0374. The Balaban J connectivity index is 2.03. The zero-order chi connectivity index (χ0) is 22.1. The predicted molar refractivity (Wildman–Crippen MR) is 121 cm³/mol. The molecule has 0 spiro atoms. The summed E-state index contributed by atoms with van der Waals surface area (Å²) in [5, 5.41) is 21.9. The Kier molecular flexibility index (Phi) is 5.39. The van der Waals surface area contributed by atoms with Crippen LogP contribution in [-0.4, -0.2) is 20.6 Å². The van der Waals surface area contributed by atoms with Crippen molar-refractivity contribution in [3.05, 3.63) is 109 Å². The molecule has 0 radical (unpaired) electrons. The van der Waals surface area contributed by atoms with E-state index in [1.807, 2.05) is 6.07 Å². The van der Waals surface area contributed by atoms with Crippen molar-refractivity contribution < 1.29 is 14.8 Å². The van der Waals surface area contributed by atoms with Gasteiger partial charge >= 0.3 is 5.97 Å². The molecule has 1 heterocycles. The van der Waals surface area contributed by atoms with Gasteiger partial charge in [-0.25, -0.2) is 4.79 Å². The second kappa shape index (κ2) is 8.16. The topological polar surface area (TPSA) is 102 Å². The highest BCUT2D eigenvalue weighted by Crippen LogP contribution is 2.32. The summed E-state index contributed by atoms with van der Waals surface area (Å²) in [5.74, 6) is -1.24. The molecule has 154 valence electrons. The minimum atomic E-state index is -1.24. The Morgan fingerprint density at radius 2 is 1.68 bits per heavy atom. The van der Waals surface area contributed by atoms with Crippen LogP contribution in [0.25, 0.3) is 21.9 Å². The van der Waals surface area contributed by atoms with Gasteiger partial charge in [-0.1, -0.05) is 58.4 Å². The molecule has 0 saturated heterocycles. The average molecular weight is 479 g/mol. The first-order valence-corrected chi connectivity index (χ1v) is 10.0. The number of carbonyl (C=O) groups is 1. The zero-order valence-electron chi connectivity index (χ0n) is 16.0. The van der Waals surface area contributed by atoms with Crippen LogP contribution in [0.1, 0.15) is 16.1 Å². The molecular weight excluding hydrogens is 464 g/mol. The van der Waals surface area contributed by atoms with Crippen LogP contribution in [0.2, 0.25) is 0 Å². The van der Waals surface area contributed by atoms with Crippen LogP contribution in [-0.2, 0) is 6.54 Å². The molecular formula is C23H15BrN2O5. The first-order chi connectivity index (χ1) is 14.9. The molecule has 1 aromatic heterocycles. The lowest BCUT2D eigenvalue weighted by Gasteiger charge is -2.18. The van der Waals surface area contributed by atoms with Gasteiger partial charge in [0.15, 0.2) is 0 Å². The Bertz CT molecular complexity index is 1380. The van der Waals surface area contributed by atoms with Crippen LogP contribution in [0, 0.1) is 10.1 Å². The Hall–Kier alpha value is -3.78. The number of carboxylic acid groups (broad SMARTS) is 1. The lowest BCUT2D eigenvalue weighted by atomic mass is 9.96. The van der Waals surface area contributed by atoms with Gasteiger partial charge in [0.05, 0.1) is 11.5 Å². The van der Waals surface area contributed by atoms with E-state index in [4.69, 9.17) is 0 Å². The summed E-state index contributed by atoms with van der Waals surface area (Å²) in [7, 11) is 0. The molecule has 0 bridgehead atoms. The summed E-state index contributed by atoms with van der Waals surface area (Å²) in [6.07, 6.45) is 0. The quantitative estimate of drug-likeness (QED) is 0.318. The SMILES string of the molecule is O=C(O)c1c(-c2ccccc2)c2cc(Br)ccc2c(=O)n1Cc1ccc([N+](=O)[O-])cc1. The highest BCUT2D eigenvalue weighted by molar-refractivity contribution is 9.10. The summed E-state index contributed by atoms with van der Waals surface area (Å²) in [6, 6.07) is 19.8. The van der Waals surface area contributed by atoms with E-state index in [1.165, 1.54) is 28.8 Å². The molecule has 0 aliphatic heterocycles. The maximum atomic E-state index is 13.3. The van der Waals surface area contributed by atoms with E-state index in [2.05, 4.69) is 15.9 Å². The average Bonchev–Trinajstić information content (AvgIpc) is 2.76. The molecule has 4 rings (SSSR count). The highest BCUT2D eigenvalue weighted by Gasteiger charge is 2.23. The van der Waals surface area contributed by atoms with Crippen molar-refractivity contribution in [3.8, 4) is 11.1 Å². The van der Waals surface area contributed by atoms with Crippen LogP contribution in [0.5, 0.6) is 0 Å². The number of rotatable bonds is 5. The van der Waals surface area contributed by atoms with E-state index in [1.54, 1.807) is 42.5 Å². The second-order valence-corrected chi connectivity index (χ2v) is 7.82. The van der Waals surface area contributed by atoms with E-state index in [-0.39, 0.29) is 17.9 Å². The number of hydrogen-bond donors (Lipinski definition) is 1. The van der Waals surface area contributed by atoms with E-state index in [0.29, 0.717) is 27.5 Å². The predicted octanol–water partition coefficient (Wildman–Crippen LogP) is 5.09. The normalized spacial score (nSPS) is 10.9. The number of halogens is 1. The lowest BCUT2D eigenvalue weighted by molar-refractivity contribution is -0.384. The third-order valence-electron chi connectivity index (χ3n) is 4.99. The number of carboxylic acids is 1. The lowest BCUT2D eigenvalue weighted by Crippen LogP contribution is -2.28. The number of aromatic carboxylic acids is 1. The Morgan fingerprint density at radius 3 is 2.29 bits per heavy atom. The third-order valence-corrected chi connectivity index (χ3v) is 5.48. The van der Waals surface area contributed by atoms with E-state index in [0.717, 1.165) is 4.47 Å². The monoisotopic (exact) mass is 478 g/mol. The van der Waals surface area contributed by atoms with Gasteiger partial charge in [0.2, 0.25) is 0 Å². The van der Waals surface area contributed by atoms with Crippen molar-refractivity contribution in [1.82, 2.24) is 4.57 Å². The first-order valence-electron chi connectivity index (χ1n) is 9.25. The Labute approximate surface area is 184 Å². The number of benzene rings is 3. The van der Waals surface area contributed by atoms with Crippen molar-refractivity contribution >= 4 is 38.4 Å². The molecule has 0 atom stereocenters. The standard InChI is InChI=1S/C23H15BrN2O5/c24-16-8-11-18-19(12-16)20(15-4-2-1-3-5-15)21(23(28)29)25(22(18)27)13-14-6-9-17(10-7-14)26(30)31/h1-12H,13H2,(H,28,29). The van der Waals surface area contributed by atoms with Crippen molar-refractivity contribution in [3.63, 3.8) is 0 Å². The summed E-state index contributed by atoms with van der Waals surface area (Å²) in [5.41, 5.74) is 1.01. The molecule has 0 aliphatic rings. The fourth-order valence-electron chi connectivity index (χ4n) is 3.60. The number of nitro benzene ring substituents is 1. The van der Waals surface area contributed by atoms with Crippen LogP contribution in [0.15, 0.2) is 82.1 Å². The number of non-ortho nitro benzene ring substituents is 1. The fraction of sp³-hybridized carbons (Fsp3) is 0.0435.